The van der Waals surface area contributed by atoms with Crippen molar-refractivity contribution >= 4 is 0 Å². The first-order chi connectivity index (χ1) is 25.0. The summed E-state index contributed by atoms with van der Waals surface area (Å²) in [5.41, 5.74) is 17.5. The number of fused-ring (bicyclic) bond motifs is 3. The highest BCUT2D eigenvalue weighted by atomic mass is 14.9. The van der Waals surface area contributed by atoms with Crippen LogP contribution in [-0.2, 0) is 5.41 Å². The smallest absolute Gasteiger partial charge is 0.160 e. The first-order valence-electron chi connectivity index (χ1n) is 17.6. The lowest BCUT2D eigenvalue weighted by Gasteiger charge is -2.21. The topological polar surface area (TPSA) is 25.8 Å². The molecule has 0 saturated carbocycles. The molecule has 0 amide bonds. The Balaban J connectivity index is 1.09. The van der Waals surface area contributed by atoms with E-state index in [0.29, 0.717) is 5.82 Å². The average molecular weight is 653 g/mol. The Hall–Kier alpha value is -6.38. The minimum Gasteiger partial charge on any atom is -0.228 e. The van der Waals surface area contributed by atoms with Crippen LogP contribution in [0.5, 0.6) is 0 Å². The van der Waals surface area contributed by atoms with Gasteiger partial charge in [0.15, 0.2) is 5.82 Å². The normalized spacial score (nSPS) is 12.7. The van der Waals surface area contributed by atoms with E-state index in [0.717, 1.165) is 44.8 Å². The molecule has 51 heavy (non-hydrogen) atoms. The van der Waals surface area contributed by atoms with E-state index in [1.807, 2.05) is 12.1 Å². The molecule has 0 fully saturated rings. The predicted molar refractivity (Wildman–Crippen MR) is 212 cm³/mol. The van der Waals surface area contributed by atoms with E-state index in [1.54, 1.807) is 0 Å². The lowest BCUT2D eigenvalue weighted by Crippen LogP contribution is -2.14. The molecule has 242 valence electrons. The Morgan fingerprint density at radius 1 is 0.333 bits per heavy atom. The fraction of sp³-hybridized carbons (Fsp3) is 0.0612. The maximum Gasteiger partial charge on any atom is 0.160 e. The van der Waals surface area contributed by atoms with Crippen LogP contribution in [0.2, 0.25) is 0 Å². The fourth-order valence-electron chi connectivity index (χ4n) is 7.64. The molecular formula is C49H36N2. The van der Waals surface area contributed by atoms with Crippen molar-refractivity contribution in [1.29, 1.82) is 0 Å². The molecule has 9 rings (SSSR count). The Morgan fingerprint density at radius 2 is 0.804 bits per heavy atom. The Kier molecular flexibility index (Phi) is 7.51. The molecule has 0 unspecified atom stereocenters. The van der Waals surface area contributed by atoms with Crippen LogP contribution in [0.4, 0.5) is 0 Å². The van der Waals surface area contributed by atoms with E-state index in [9.17, 15) is 0 Å². The van der Waals surface area contributed by atoms with Crippen LogP contribution in [0.15, 0.2) is 182 Å². The first kappa shape index (κ1) is 30.7. The number of aromatic nitrogens is 2. The zero-order valence-electron chi connectivity index (χ0n) is 28.7. The molecule has 0 aliphatic heterocycles. The molecule has 0 radical (unpaired) electrons. The highest BCUT2D eigenvalue weighted by molar-refractivity contribution is 5.93. The minimum atomic E-state index is -0.0211. The van der Waals surface area contributed by atoms with Gasteiger partial charge in [-0.1, -0.05) is 178 Å². The Labute approximate surface area is 299 Å². The highest BCUT2D eigenvalue weighted by Crippen LogP contribution is 2.52. The van der Waals surface area contributed by atoms with Crippen LogP contribution >= 0.6 is 0 Å². The van der Waals surface area contributed by atoms with Gasteiger partial charge in [-0.05, 0) is 73.8 Å². The molecule has 1 aliphatic rings. The molecule has 2 nitrogen and oxygen atoms in total. The van der Waals surface area contributed by atoms with Gasteiger partial charge in [0.25, 0.3) is 0 Å². The quantitative estimate of drug-likeness (QED) is 0.179. The van der Waals surface area contributed by atoms with Gasteiger partial charge in [0.1, 0.15) is 0 Å². The molecule has 1 aromatic heterocycles. The summed E-state index contributed by atoms with van der Waals surface area (Å²) in [6.45, 7) is 4.67. The van der Waals surface area contributed by atoms with Crippen LogP contribution in [-0.4, -0.2) is 9.97 Å². The van der Waals surface area contributed by atoms with E-state index in [1.165, 1.54) is 38.9 Å². The summed E-state index contributed by atoms with van der Waals surface area (Å²) < 4.78 is 0. The van der Waals surface area contributed by atoms with Crippen LogP contribution in [0, 0.1) is 0 Å². The average Bonchev–Trinajstić information content (AvgIpc) is 3.44. The van der Waals surface area contributed by atoms with E-state index in [-0.39, 0.29) is 5.41 Å². The van der Waals surface area contributed by atoms with E-state index in [2.05, 4.69) is 184 Å². The van der Waals surface area contributed by atoms with Gasteiger partial charge in [0.05, 0.1) is 11.4 Å². The number of benzene rings is 7. The predicted octanol–water partition coefficient (Wildman–Crippen LogP) is 12.8. The monoisotopic (exact) mass is 652 g/mol. The maximum absolute atomic E-state index is 5.17. The third-order valence-corrected chi connectivity index (χ3v) is 10.3. The van der Waals surface area contributed by atoms with Crippen molar-refractivity contribution < 1.29 is 0 Å². The lowest BCUT2D eigenvalue weighted by molar-refractivity contribution is 0.660. The number of nitrogens with zero attached hydrogens (tertiary/aromatic N) is 2. The Bertz CT molecular complexity index is 2530. The van der Waals surface area contributed by atoms with Gasteiger partial charge in [0.2, 0.25) is 0 Å². The minimum absolute atomic E-state index is 0.0211. The summed E-state index contributed by atoms with van der Waals surface area (Å²) in [6.07, 6.45) is 0. The molecule has 0 bridgehead atoms. The van der Waals surface area contributed by atoms with Crippen molar-refractivity contribution in [1.82, 2.24) is 9.97 Å². The van der Waals surface area contributed by atoms with Crippen molar-refractivity contribution in [2.75, 3.05) is 0 Å². The zero-order valence-corrected chi connectivity index (χ0v) is 28.7. The fourth-order valence-corrected chi connectivity index (χ4v) is 7.64. The summed E-state index contributed by atoms with van der Waals surface area (Å²) in [7, 11) is 0. The summed E-state index contributed by atoms with van der Waals surface area (Å²) in [5.74, 6) is 0.705. The van der Waals surface area contributed by atoms with Crippen molar-refractivity contribution in [2.24, 2.45) is 0 Å². The second kappa shape index (κ2) is 12.5. The highest BCUT2D eigenvalue weighted by Gasteiger charge is 2.36. The van der Waals surface area contributed by atoms with E-state index < -0.39 is 0 Å². The summed E-state index contributed by atoms with van der Waals surface area (Å²) >= 11 is 0. The molecule has 0 saturated heterocycles. The molecule has 0 spiro atoms. The summed E-state index contributed by atoms with van der Waals surface area (Å²) in [4.78, 5) is 10.3. The van der Waals surface area contributed by atoms with Crippen LogP contribution in [0.1, 0.15) is 25.0 Å². The number of rotatable bonds is 6. The van der Waals surface area contributed by atoms with Gasteiger partial charge in [-0.3, -0.25) is 0 Å². The zero-order chi connectivity index (χ0) is 34.4. The molecule has 0 atom stereocenters. The molecular weight excluding hydrogens is 617 g/mol. The van der Waals surface area contributed by atoms with Gasteiger partial charge in [-0.25, -0.2) is 9.97 Å². The van der Waals surface area contributed by atoms with Crippen LogP contribution in [0.3, 0.4) is 0 Å². The van der Waals surface area contributed by atoms with Crippen LogP contribution < -0.4 is 0 Å². The van der Waals surface area contributed by atoms with E-state index in [4.69, 9.17) is 9.97 Å². The van der Waals surface area contributed by atoms with Gasteiger partial charge in [0, 0.05) is 22.1 Å². The standard InChI is InChI=1S/C49H36N2/c1-49(2)43-24-10-9-22-42(43)47-41(23-13-25-44(47)49)35-28-26-34(27-29-35)38-19-12-21-40(31-38)48-50-45(36-16-7-4-8-17-36)32-46(51-48)39-20-11-18-37(30-39)33-14-5-3-6-15-33/h3-32H,1-2H3. The molecule has 8 aromatic rings. The first-order valence-corrected chi connectivity index (χ1v) is 17.6. The van der Waals surface area contributed by atoms with Gasteiger partial charge in [-0.2, -0.15) is 0 Å². The molecule has 2 heteroatoms. The second-order valence-electron chi connectivity index (χ2n) is 13.8. The maximum atomic E-state index is 5.17. The largest absolute Gasteiger partial charge is 0.228 e. The Morgan fingerprint density at radius 3 is 1.53 bits per heavy atom. The van der Waals surface area contributed by atoms with Crippen LogP contribution in [0.25, 0.3) is 78.4 Å². The number of hydrogen-bond acceptors (Lipinski definition) is 2. The molecule has 7 aromatic carbocycles. The van der Waals surface area contributed by atoms with Crippen molar-refractivity contribution in [3.8, 4) is 78.4 Å². The second-order valence-corrected chi connectivity index (χ2v) is 13.8. The molecule has 1 aliphatic carbocycles. The third kappa shape index (κ3) is 5.56. The molecule has 1 heterocycles. The van der Waals surface area contributed by atoms with Gasteiger partial charge in [-0.15, -0.1) is 0 Å². The summed E-state index contributed by atoms with van der Waals surface area (Å²) in [6, 6.07) is 64.8. The van der Waals surface area contributed by atoms with Gasteiger partial charge < -0.3 is 0 Å². The van der Waals surface area contributed by atoms with Crippen molar-refractivity contribution in [3.63, 3.8) is 0 Å². The summed E-state index contributed by atoms with van der Waals surface area (Å²) in [5, 5.41) is 0. The van der Waals surface area contributed by atoms with Gasteiger partial charge >= 0.3 is 0 Å². The lowest BCUT2D eigenvalue weighted by atomic mass is 9.82. The van der Waals surface area contributed by atoms with Crippen molar-refractivity contribution in [3.05, 3.63) is 193 Å². The SMILES string of the molecule is CC1(C)c2ccccc2-c2c(-c3ccc(-c4cccc(-c5nc(-c6ccccc6)cc(-c6cccc(-c7ccccc7)c6)n5)c4)cc3)cccc21. The van der Waals surface area contributed by atoms with Crippen molar-refractivity contribution in [2.45, 2.75) is 19.3 Å². The van der Waals surface area contributed by atoms with E-state index >= 15 is 0 Å². The molecule has 0 N–H and O–H groups in total. The third-order valence-electron chi connectivity index (χ3n) is 10.3. The number of hydrogen-bond donors (Lipinski definition) is 0.